The molecule has 2 heterocycles. The van der Waals surface area contributed by atoms with Crippen molar-refractivity contribution in [2.24, 2.45) is 0 Å². The molecular weight excluding hydrogens is 350 g/mol. The summed E-state index contributed by atoms with van der Waals surface area (Å²) in [7, 11) is 0. The number of carboxylic acids is 1. The van der Waals surface area contributed by atoms with Crippen molar-refractivity contribution in [2.45, 2.75) is 5.79 Å². The lowest BCUT2D eigenvalue weighted by Gasteiger charge is -2.09. The van der Waals surface area contributed by atoms with Crippen LogP contribution in [0, 0.1) is 3.70 Å². The second-order valence-electron chi connectivity index (χ2n) is 3.35. The van der Waals surface area contributed by atoms with Gasteiger partial charge in [0.15, 0.2) is 0 Å². The largest absolute Gasteiger partial charge is 0.477 e. The average Bonchev–Trinajstić information content (AvgIpc) is 2.29. The van der Waals surface area contributed by atoms with Gasteiger partial charge >= 0.3 is 21.4 Å². The van der Waals surface area contributed by atoms with Crippen LogP contribution in [0.2, 0.25) is 5.79 Å². The van der Waals surface area contributed by atoms with Crippen LogP contribution in [0.1, 0.15) is 10.4 Å². The van der Waals surface area contributed by atoms with Gasteiger partial charge in [0.05, 0.1) is 5.39 Å². The van der Waals surface area contributed by atoms with Gasteiger partial charge in [0.2, 0.25) is 5.43 Å². The van der Waals surface area contributed by atoms with E-state index in [9.17, 15) is 9.59 Å². The average molecular weight is 357 g/mol. The first-order chi connectivity index (χ1) is 8.04. The minimum absolute atomic E-state index is 0.177. The summed E-state index contributed by atoms with van der Waals surface area (Å²) in [6.07, 6.45) is 1.38. The van der Waals surface area contributed by atoms with Crippen LogP contribution < -0.4 is 5.43 Å². The molecule has 17 heavy (non-hydrogen) atoms. The second kappa shape index (κ2) is 4.76. The van der Waals surface area contributed by atoms with Crippen molar-refractivity contribution in [3.8, 4) is 0 Å². The Kier molecular flexibility index (Phi) is 3.51. The van der Waals surface area contributed by atoms with Crippen molar-refractivity contribution >= 4 is 55.0 Å². The number of carboxylic acid groups (broad SMARTS) is 1. The topological polar surface area (TPSA) is 72.2 Å². The molecule has 0 saturated carbocycles. The standard InChI is InChI=1S/C9H5IN2O3.CH3.Al/c10-6-2-1-4-7(13)5(9(14)15)3-11-8(4)12-6;;/h1-3H,(H2,11,12,13,14,15);1H3;/q;;+1/p-1. The molecule has 0 bridgehead atoms. The van der Waals surface area contributed by atoms with Crippen LogP contribution in [-0.4, -0.2) is 35.1 Å². The van der Waals surface area contributed by atoms with Crippen LogP contribution in [-0.2, 0) is 0 Å². The highest BCUT2D eigenvalue weighted by molar-refractivity contribution is 14.1. The number of hydrogen-bond donors (Lipinski definition) is 1. The molecule has 1 N–H and O–H groups in total. The van der Waals surface area contributed by atoms with E-state index in [1.807, 2.05) is 5.79 Å². The van der Waals surface area contributed by atoms with Crippen LogP contribution >= 0.6 is 22.6 Å². The molecule has 0 saturated heterocycles. The molecule has 0 atom stereocenters. The monoisotopic (exact) mass is 357 g/mol. The number of aromatic carboxylic acids is 1. The van der Waals surface area contributed by atoms with Crippen molar-refractivity contribution in [2.75, 3.05) is 0 Å². The summed E-state index contributed by atoms with van der Waals surface area (Å²) >= 11 is 1.88. The van der Waals surface area contributed by atoms with Crippen molar-refractivity contribution in [1.82, 2.24) is 8.53 Å². The van der Waals surface area contributed by atoms with E-state index < -0.39 is 11.4 Å². The molecule has 0 aromatic carbocycles. The van der Waals surface area contributed by atoms with E-state index in [-0.39, 0.29) is 21.0 Å². The molecule has 2 aromatic rings. The lowest BCUT2D eigenvalue weighted by molar-refractivity contribution is 0.0695. The fourth-order valence-electron chi connectivity index (χ4n) is 1.55. The lowest BCUT2D eigenvalue weighted by atomic mass is 10.2. The minimum atomic E-state index is -1.20. The predicted octanol–water partition coefficient (Wildman–Crippen LogP) is 1.21. The summed E-state index contributed by atoms with van der Waals surface area (Å²) in [5.41, 5.74) is -0.111. The Morgan fingerprint density at radius 1 is 1.53 bits per heavy atom. The van der Waals surface area contributed by atoms with Gasteiger partial charge in [-0.1, -0.05) is 5.79 Å². The molecule has 0 unspecified atom stereocenters. The third-order valence-electron chi connectivity index (χ3n) is 2.35. The van der Waals surface area contributed by atoms with E-state index >= 15 is 0 Å². The first kappa shape index (κ1) is 12.5. The van der Waals surface area contributed by atoms with Gasteiger partial charge in [0, 0.05) is 0 Å². The van der Waals surface area contributed by atoms with Crippen molar-refractivity contribution in [3.63, 3.8) is 0 Å². The van der Waals surface area contributed by atoms with Crippen LogP contribution in [0.15, 0.2) is 23.1 Å². The van der Waals surface area contributed by atoms with Gasteiger partial charge in [-0.25, -0.2) is 9.78 Å². The zero-order valence-corrected chi connectivity index (χ0v) is 12.2. The number of rotatable bonds is 2. The SMILES string of the molecule is [CH3][Al][n]1cc(C(=O)O)c(=O)c2ccc(I)nc21. The maximum atomic E-state index is 11.9. The van der Waals surface area contributed by atoms with E-state index in [1.165, 1.54) is 6.20 Å². The molecule has 5 nitrogen and oxygen atoms in total. The number of nitrogens with zero attached hydrogens (tertiary/aromatic N) is 2. The molecule has 2 rings (SSSR count). The van der Waals surface area contributed by atoms with Crippen LogP contribution in [0.5, 0.6) is 0 Å². The number of fused-ring (bicyclic) bond motifs is 1. The van der Waals surface area contributed by atoms with Crippen molar-refractivity contribution < 1.29 is 9.90 Å². The minimum Gasteiger partial charge on any atom is -0.477 e. The zero-order valence-electron chi connectivity index (χ0n) is 8.85. The Labute approximate surface area is 117 Å². The van der Waals surface area contributed by atoms with Crippen LogP contribution in [0.3, 0.4) is 0 Å². The highest BCUT2D eigenvalue weighted by Gasteiger charge is 2.14. The first-order valence-corrected chi connectivity index (χ1v) is 7.53. The normalized spacial score (nSPS) is 10.5. The molecule has 1 radical (unpaired) electrons. The fraction of sp³-hybridized carbons (Fsp3) is 0.100. The van der Waals surface area contributed by atoms with Gasteiger partial charge in [-0.15, -0.1) is 0 Å². The van der Waals surface area contributed by atoms with E-state index in [1.54, 1.807) is 15.7 Å². The Hall–Kier alpha value is -0.908. The smallest absolute Gasteiger partial charge is 0.375 e. The van der Waals surface area contributed by atoms with E-state index in [2.05, 4.69) is 27.6 Å². The van der Waals surface area contributed by atoms with E-state index in [4.69, 9.17) is 5.11 Å². The van der Waals surface area contributed by atoms with Crippen molar-refractivity contribution in [1.29, 1.82) is 0 Å². The highest BCUT2D eigenvalue weighted by Crippen LogP contribution is 2.11. The second-order valence-corrected chi connectivity index (χ2v) is 5.53. The van der Waals surface area contributed by atoms with Gasteiger partial charge < -0.3 is 8.66 Å². The lowest BCUT2D eigenvalue weighted by Crippen LogP contribution is -2.20. The van der Waals surface area contributed by atoms with Gasteiger partial charge in [-0.05, 0) is 40.9 Å². The van der Waals surface area contributed by atoms with Crippen molar-refractivity contribution in [3.05, 3.63) is 37.8 Å². The molecular formula is C10H7AlIN2O3. The summed E-state index contributed by atoms with van der Waals surface area (Å²) in [5.74, 6) is 0.758. The summed E-state index contributed by atoms with van der Waals surface area (Å²) < 4.78 is 2.53. The van der Waals surface area contributed by atoms with Gasteiger partial charge in [0.1, 0.15) is 14.9 Å². The maximum Gasteiger partial charge on any atom is 0.375 e. The Balaban J connectivity index is 2.95. The molecule has 0 aliphatic rings. The molecule has 0 aliphatic heterocycles. The molecule has 0 spiro atoms. The van der Waals surface area contributed by atoms with Crippen LogP contribution in [0.4, 0.5) is 0 Å². The Morgan fingerprint density at radius 3 is 2.82 bits per heavy atom. The third kappa shape index (κ3) is 2.23. The number of halogens is 1. The number of pyridine rings is 2. The van der Waals surface area contributed by atoms with Crippen LogP contribution in [0.25, 0.3) is 11.0 Å². The highest BCUT2D eigenvalue weighted by atomic mass is 127. The molecule has 0 fully saturated rings. The predicted molar refractivity (Wildman–Crippen MR) is 72.7 cm³/mol. The number of aromatic nitrogens is 2. The van der Waals surface area contributed by atoms with E-state index in [0.717, 1.165) is 3.70 Å². The molecule has 0 amide bonds. The number of carbonyl (C=O) groups is 1. The Morgan fingerprint density at radius 2 is 2.24 bits per heavy atom. The zero-order chi connectivity index (χ0) is 12.6. The number of hydrogen-bond acceptors (Lipinski definition) is 3. The maximum absolute atomic E-state index is 11.9. The first-order valence-electron chi connectivity index (χ1n) is 4.78. The summed E-state index contributed by atoms with van der Waals surface area (Å²) in [6.45, 7) is 0. The summed E-state index contributed by atoms with van der Waals surface area (Å²) in [5, 5.41) is 9.33. The molecule has 0 aliphatic carbocycles. The fourth-order valence-corrected chi connectivity index (χ4v) is 2.70. The van der Waals surface area contributed by atoms with Gasteiger partial charge in [-0.3, -0.25) is 4.79 Å². The molecule has 2 aromatic heterocycles. The summed E-state index contributed by atoms with van der Waals surface area (Å²) in [4.78, 5) is 27.2. The Bertz CT molecular complexity index is 668. The third-order valence-corrected chi connectivity index (χ3v) is 3.90. The van der Waals surface area contributed by atoms with E-state index in [0.29, 0.717) is 11.0 Å². The van der Waals surface area contributed by atoms with Gasteiger partial charge in [0.25, 0.3) is 0 Å². The molecule has 7 heteroatoms. The quantitative estimate of drug-likeness (QED) is 0.498. The summed E-state index contributed by atoms with van der Waals surface area (Å²) in [6, 6.07) is 3.33. The molecule has 85 valence electrons. The van der Waals surface area contributed by atoms with Gasteiger partial charge in [-0.2, -0.15) is 0 Å².